The first-order chi connectivity index (χ1) is 11.3. The summed E-state index contributed by atoms with van der Waals surface area (Å²) in [5.74, 6) is 1.51. The molecule has 0 fully saturated rings. The molecule has 1 aliphatic heterocycles. The molecule has 0 saturated heterocycles. The minimum absolute atomic E-state index is 0.0279. The van der Waals surface area contributed by atoms with Crippen molar-refractivity contribution in [3.8, 4) is 5.75 Å². The lowest BCUT2D eigenvalue weighted by molar-refractivity contribution is -0.127. The number of hydrogen-bond donors (Lipinski definition) is 2. The Morgan fingerprint density at radius 3 is 2.75 bits per heavy atom. The Balaban J connectivity index is 2.19. The molecule has 1 aliphatic rings. The van der Waals surface area contributed by atoms with Crippen molar-refractivity contribution < 1.29 is 9.53 Å². The van der Waals surface area contributed by atoms with Crippen LogP contribution in [-0.4, -0.2) is 49.6 Å². The molecule has 24 heavy (non-hydrogen) atoms. The smallest absolute Gasteiger partial charge is 0.243 e. The molecular formula is C18H28N4O2. The Labute approximate surface area is 144 Å². The molecule has 2 N–H and O–H groups in total. The zero-order chi connectivity index (χ0) is 17.7. The highest BCUT2D eigenvalue weighted by Crippen LogP contribution is 2.39. The van der Waals surface area contributed by atoms with E-state index in [9.17, 15) is 4.79 Å². The summed E-state index contributed by atoms with van der Waals surface area (Å²) < 4.78 is 6.06. The second kappa shape index (κ2) is 7.55. The van der Waals surface area contributed by atoms with Crippen molar-refractivity contribution in [3.63, 3.8) is 0 Å². The van der Waals surface area contributed by atoms with Crippen LogP contribution in [-0.2, 0) is 4.79 Å². The van der Waals surface area contributed by atoms with Gasteiger partial charge < -0.3 is 20.3 Å². The van der Waals surface area contributed by atoms with Crippen molar-refractivity contribution in [3.05, 3.63) is 29.8 Å². The fourth-order valence-corrected chi connectivity index (χ4v) is 2.70. The topological polar surface area (TPSA) is 66.0 Å². The van der Waals surface area contributed by atoms with Crippen molar-refractivity contribution in [2.45, 2.75) is 38.8 Å². The first-order valence-corrected chi connectivity index (χ1v) is 8.35. The van der Waals surface area contributed by atoms with Crippen molar-refractivity contribution in [1.82, 2.24) is 15.5 Å². The average molecular weight is 332 g/mol. The molecule has 1 unspecified atom stereocenters. The number of rotatable bonds is 4. The molecule has 0 saturated carbocycles. The molecule has 2 rings (SSSR count). The monoisotopic (exact) mass is 332 g/mol. The second-order valence-electron chi connectivity index (χ2n) is 6.78. The van der Waals surface area contributed by atoms with Gasteiger partial charge in [0.05, 0.1) is 6.04 Å². The number of guanidine groups is 1. The molecule has 0 spiro atoms. The van der Waals surface area contributed by atoms with Gasteiger partial charge in [-0.15, -0.1) is 0 Å². The Hall–Kier alpha value is -2.24. The van der Waals surface area contributed by atoms with Gasteiger partial charge in [-0.3, -0.25) is 4.79 Å². The quantitative estimate of drug-likeness (QED) is 0.653. The number of para-hydroxylation sites is 1. The maximum absolute atomic E-state index is 11.8. The molecule has 1 aromatic carbocycles. The van der Waals surface area contributed by atoms with Crippen LogP contribution in [0.25, 0.3) is 0 Å². The van der Waals surface area contributed by atoms with Crippen LogP contribution in [0.4, 0.5) is 0 Å². The number of nitrogens with one attached hydrogen (secondary N) is 2. The van der Waals surface area contributed by atoms with Gasteiger partial charge in [-0.2, -0.15) is 0 Å². The maximum Gasteiger partial charge on any atom is 0.243 e. The van der Waals surface area contributed by atoms with E-state index >= 15 is 0 Å². The van der Waals surface area contributed by atoms with Crippen molar-refractivity contribution in [1.29, 1.82) is 0 Å². The molecule has 0 aliphatic carbocycles. The van der Waals surface area contributed by atoms with Gasteiger partial charge in [0.25, 0.3) is 0 Å². The van der Waals surface area contributed by atoms with Crippen LogP contribution in [0, 0.1) is 0 Å². The zero-order valence-electron chi connectivity index (χ0n) is 15.2. The average Bonchev–Trinajstić information content (AvgIpc) is 2.51. The lowest BCUT2D eigenvalue weighted by Crippen LogP contribution is -2.45. The van der Waals surface area contributed by atoms with Crippen LogP contribution in [0.5, 0.6) is 5.75 Å². The van der Waals surface area contributed by atoms with E-state index in [0.29, 0.717) is 5.96 Å². The van der Waals surface area contributed by atoms with E-state index < -0.39 is 0 Å². The van der Waals surface area contributed by atoms with E-state index in [4.69, 9.17) is 4.74 Å². The van der Waals surface area contributed by atoms with Gasteiger partial charge in [0.15, 0.2) is 5.96 Å². The van der Waals surface area contributed by atoms with E-state index in [2.05, 4.69) is 35.5 Å². The summed E-state index contributed by atoms with van der Waals surface area (Å²) >= 11 is 0. The summed E-state index contributed by atoms with van der Waals surface area (Å²) in [6.45, 7) is 7.02. The largest absolute Gasteiger partial charge is 0.487 e. The van der Waals surface area contributed by atoms with Crippen LogP contribution in [0.1, 0.15) is 38.8 Å². The van der Waals surface area contributed by atoms with E-state index in [0.717, 1.165) is 24.3 Å². The number of ether oxygens (including phenoxy) is 1. The standard InChI is InChI=1S/C18H28N4O2/c1-6-19-17(20-12-16(23)22(4)5)21-14-11-18(2,3)24-15-10-8-7-9-13(14)15/h7-10,14H,6,11-12H2,1-5H3,(H2,19,20,21). The van der Waals surface area contributed by atoms with E-state index in [1.54, 1.807) is 19.0 Å². The summed E-state index contributed by atoms with van der Waals surface area (Å²) in [4.78, 5) is 17.7. The number of nitrogens with zero attached hydrogens (tertiary/aromatic N) is 2. The number of fused-ring (bicyclic) bond motifs is 1. The summed E-state index contributed by atoms with van der Waals surface area (Å²) in [5.41, 5.74) is 0.851. The van der Waals surface area contributed by atoms with Gasteiger partial charge in [0.2, 0.25) is 5.91 Å². The number of aliphatic imine (C=N–C) groups is 1. The molecular weight excluding hydrogens is 304 g/mol. The van der Waals surface area contributed by atoms with Gasteiger partial charge in [0.1, 0.15) is 17.9 Å². The highest BCUT2D eigenvalue weighted by Gasteiger charge is 2.33. The number of hydrogen-bond acceptors (Lipinski definition) is 3. The third-order valence-corrected chi connectivity index (χ3v) is 3.90. The highest BCUT2D eigenvalue weighted by atomic mass is 16.5. The first-order valence-electron chi connectivity index (χ1n) is 8.35. The Bertz CT molecular complexity index is 611. The van der Waals surface area contributed by atoms with Crippen LogP contribution in [0.3, 0.4) is 0 Å². The van der Waals surface area contributed by atoms with Gasteiger partial charge >= 0.3 is 0 Å². The van der Waals surface area contributed by atoms with E-state index in [-0.39, 0.29) is 24.1 Å². The molecule has 132 valence electrons. The van der Waals surface area contributed by atoms with E-state index in [1.165, 1.54) is 0 Å². The number of benzene rings is 1. The number of carbonyl (C=O) groups is 1. The van der Waals surface area contributed by atoms with Gasteiger partial charge in [-0.25, -0.2) is 4.99 Å². The summed E-state index contributed by atoms with van der Waals surface area (Å²) in [7, 11) is 3.46. The molecule has 1 atom stereocenters. The third kappa shape index (κ3) is 4.63. The van der Waals surface area contributed by atoms with Crippen molar-refractivity contribution >= 4 is 11.9 Å². The molecule has 6 nitrogen and oxygen atoms in total. The number of carbonyl (C=O) groups excluding carboxylic acids is 1. The van der Waals surface area contributed by atoms with Crippen LogP contribution >= 0.6 is 0 Å². The lowest BCUT2D eigenvalue weighted by atomic mass is 9.90. The van der Waals surface area contributed by atoms with Crippen molar-refractivity contribution in [2.24, 2.45) is 4.99 Å². The number of amides is 1. The minimum Gasteiger partial charge on any atom is -0.487 e. The fourth-order valence-electron chi connectivity index (χ4n) is 2.70. The predicted octanol–water partition coefficient (Wildman–Crippen LogP) is 1.93. The van der Waals surface area contributed by atoms with Crippen LogP contribution < -0.4 is 15.4 Å². The molecule has 6 heteroatoms. The maximum atomic E-state index is 11.8. The lowest BCUT2D eigenvalue weighted by Gasteiger charge is -2.38. The molecule has 0 radical (unpaired) electrons. The van der Waals surface area contributed by atoms with Crippen LogP contribution in [0.15, 0.2) is 29.3 Å². The molecule has 1 aromatic rings. The van der Waals surface area contributed by atoms with Crippen molar-refractivity contribution in [2.75, 3.05) is 27.2 Å². The summed E-state index contributed by atoms with van der Waals surface area (Å²) in [5, 5.41) is 6.66. The normalized spacial score (nSPS) is 19.0. The Kier molecular flexibility index (Phi) is 5.70. The Morgan fingerprint density at radius 1 is 1.38 bits per heavy atom. The van der Waals surface area contributed by atoms with Gasteiger partial charge in [-0.05, 0) is 26.8 Å². The second-order valence-corrected chi connectivity index (χ2v) is 6.78. The highest BCUT2D eigenvalue weighted by molar-refractivity contribution is 5.85. The fraction of sp³-hybridized carbons (Fsp3) is 0.556. The molecule has 1 heterocycles. The first kappa shape index (κ1) is 18.1. The third-order valence-electron chi connectivity index (χ3n) is 3.90. The minimum atomic E-state index is -0.261. The molecule has 0 aromatic heterocycles. The van der Waals surface area contributed by atoms with E-state index in [1.807, 2.05) is 25.1 Å². The van der Waals surface area contributed by atoms with Gasteiger partial charge in [0, 0.05) is 32.6 Å². The summed E-state index contributed by atoms with van der Waals surface area (Å²) in [6, 6.07) is 8.12. The SMILES string of the molecule is CCNC(=NCC(=O)N(C)C)NC1CC(C)(C)Oc2ccccc21. The number of likely N-dealkylation sites (N-methyl/N-ethyl adjacent to an activating group) is 1. The zero-order valence-corrected chi connectivity index (χ0v) is 15.2. The predicted molar refractivity (Wildman–Crippen MR) is 96.3 cm³/mol. The van der Waals surface area contributed by atoms with Crippen LogP contribution in [0.2, 0.25) is 0 Å². The molecule has 0 bridgehead atoms. The van der Waals surface area contributed by atoms with Gasteiger partial charge in [-0.1, -0.05) is 18.2 Å². The Morgan fingerprint density at radius 2 is 2.08 bits per heavy atom. The molecule has 1 amide bonds. The summed E-state index contributed by atoms with van der Waals surface area (Å²) in [6.07, 6.45) is 0.816.